The van der Waals surface area contributed by atoms with Gasteiger partial charge in [-0.3, -0.25) is 0 Å². The summed E-state index contributed by atoms with van der Waals surface area (Å²) in [6, 6.07) is 9.58. The van der Waals surface area contributed by atoms with Gasteiger partial charge in [0.2, 0.25) is 0 Å². The largest absolute Gasteiger partial charge is 0.482 e. The maximum Gasteiger partial charge on any atom is 0.344 e. The molecule has 21 heavy (non-hydrogen) atoms. The highest BCUT2D eigenvalue weighted by Crippen LogP contribution is 2.30. The zero-order chi connectivity index (χ0) is 15.5. The molecule has 1 aromatic heterocycles. The Hall–Kier alpha value is -1.24. The summed E-state index contributed by atoms with van der Waals surface area (Å²) in [6.07, 6.45) is 0. The maximum atomic E-state index is 11.6. The van der Waals surface area contributed by atoms with E-state index in [2.05, 4.69) is 0 Å². The molecule has 0 aliphatic rings. The van der Waals surface area contributed by atoms with Gasteiger partial charge in [0, 0.05) is 4.88 Å². The second-order valence-corrected chi connectivity index (χ2v) is 8.31. The van der Waals surface area contributed by atoms with Crippen LogP contribution in [-0.4, -0.2) is 18.2 Å². The molecule has 0 saturated carbocycles. The number of carbonyl (C=O) groups is 1. The minimum atomic E-state index is -0.493. The van der Waals surface area contributed by atoms with Crippen LogP contribution in [-0.2, 0) is 9.53 Å². The Kier molecular flexibility index (Phi) is 5.13. The monoisotopic (exact) mass is 340 g/mol. The van der Waals surface area contributed by atoms with Crippen LogP contribution in [0.2, 0.25) is 0 Å². The number of rotatable bonds is 4. The van der Waals surface area contributed by atoms with Gasteiger partial charge >= 0.3 is 5.97 Å². The predicted octanol–water partition coefficient (Wildman–Crippen LogP) is 4.93. The number of benzene rings is 1. The van der Waals surface area contributed by atoms with Crippen molar-refractivity contribution >= 4 is 38.9 Å². The number of hydrogen-bond donors (Lipinski definition) is 0. The van der Waals surface area contributed by atoms with E-state index in [9.17, 15) is 4.79 Å². The first-order valence-corrected chi connectivity index (χ1v) is 8.94. The third kappa shape index (κ3) is 5.22. The summed E-state index contributed by atoms with van der Waals surface area (Å²) in [4.78, 5) is 12.7. The molecule has 0 fully saturated rings. The third-order valence-corrected chi connectivity index (χ3v) is 5.29. The lowest BCUT2D eigenvalue weighted by Gasteiger charge is -2.19. The Morgan fingerprint density at radius 2 is 1.86 bits per heavy atom. The molecule has 0 spiro atoms. The molecule has 1 aromatic carbocycles. The average molecular weight is 340 g/mol. The molecule has 112 valence electrons. The molecule has 2 rings (SSSR count). The van der Waals surface area contributed by atoms with Crippen molar-refractivity contribution in [2.24, 2.45) is 0 Å². The summed E-state index contributed by atoms with van der Waals surface area (Å²) >= 11 is 5.13. The summed E-state index contributed by atoms with van der Waals surface area (Å²) in [5, 5.41) is 0. The molecule has 3 nitrogen and oxygen atoms in total. The zero-order valence-corrected chi connectivity index (χ0v) is 14.5. The van der Waals surface area contributed by atoms with E-state index in [-0.39, 0.29) is 12.6 Å². The van der Waals surface area contributed by atoms with Gasteiger partial charge in [-0.25, -0.2) is 4.79 Å². The highest BCUT2D eigenvalue weighted by molar-refractivity contribution is 7.80. The van der Waals surface area contributed by atoms with E-state index in [1.54, 1.807) is 20.7 Å². The smallest absolute Gasteiger partial charge is 0.344 e. The molecule has 0 N–H and O–H groups in total. The van der Waals surface area contributed by atoms with Crippen LogP contribution in [0.3, 0.4) is 0 Å². The topological polar surface area (TPSA) is 35.5 Å². The lowest BCUT2D eigenvalue weighted by Crippen LogP contribution is -2.27. The van der Waals surface area contributed by atoms with Gasteiger partial charge in [-0.2, -0.15) is 0 Å². The SMILES string of the molecule is CC(C)(C)OC(=O)COc1ccc(-c2cc(=S)ss2)cc1. The lowest BCUT2D eigenvalue weighted by molar-refractivity contribution is -0.157. The molecule has 6 heteroatoms. The molecular weight excluding hydrogens is 324 g/mol. The van der Waals surface area contributed by atoms with Crippen molar-refractivity contribution in [2.45, 2.75) is 26.4 Å². The van der Waals surface area contributed by atoms with E-state index in [4.69, 9.17) is 21.7 Å². The maximum absolute atomic E-state index is 11.6. The Morgan fingerprint density at radius 3 is 2.38 bits per heavy atom. The fraction of sp³-hybridized carbons (Fsp3) is 0.333. The summed E-state index contributed by atoms with van der Waals surface area (Å²) < 4.78 is 11.5. The van der Waals surface area contributed by atoms with E-state index in [1.165, 1.54) is 0 Å². The van der Waals surface area contributed by atoms with Crippen LogP contribution in [0.1, 0.15) is 20.8 Å². The molecular formula is C15H16O3S3. The Bertz CT molecular complexity index is 662. The van der Waals surface area contributed by atoms with Crippen molar-refractivity contribution in [3.63, 3.8) is 0 Å². The second-order valence-electron chi connectivity index (χ2n) is 5.39. The molecule has 0 aliphatic heterocycles. The van der Waals surface area contributed by atoms with Crippen LogP contribution < -0.4 is 4.74 Å². The van der Waals surface area contributed by atoms with Crippen molar-refractivity contribution in [1.82, 2.24) is 0 Å². The van der Waals surface area contributed by atoms with E-state index < -0.39 is 5.60 Å². The van der Waals surface area contributed by atoms with Crippen LogP contribution in [0.4, 0.5) is 0 Å². The van der Waals surface area contributed by atoms with Gasteiger partial charge < -0.3 is 9.47 Å². The van der Waals surface area contributed by atoms with E-state index in [0.29, 0.717) is 5.75 Å². The van der Waals surface area contributed by atoms with Crippen molar-refractivity contribution < 1.29 is 14.3 Å². The highest BCUT2D eigenvalue weighted by atomic mass is 32.9. The van der Waals surface area contributed by atoms with Gasteiger partial charge in [0.1, 0.15) is 15.2 Å². The van der Waals surface area contributed by atoms with Gasteiger partial charge in [-0.15, -0.1) is 0 Å². The Labute approximate surface area is 136 Å². The van der Waals surface area contributed by atoms with E-state index >= 15 is 0 Å². The fourth-order valence-corrected chi connectivity index (χ4v) is 4.00. The normalized spacial score (nSPS) is 11.2. The molecule has 0 amide bonds. The minimum Gasteiger partial charge on any atom is -0.482 e. The number of carbonyl (C=O) groups excluding carboxylic acids is 1. The standard InChI is InChI=1S/C15H16O3S3/c1-15(2,3)18-13(16)9-17-11-6-4-10(5-7-11)12-8-14(19)21-20-12/h4-8H,9H2,1-3H3. The Balaban J connectivity index is 1.94. The van der Waals surface area contributed by atoms with Crippen molar-refractivity contribution in [3.8, 4) is 16.2 Å². The summed E-state index contributed by atoms with van der Waals surface area (Å²) in [5.74, 6) is 0.269. The minimum absolute atomic E-state index is 0.0893. The molecule has 1 heterocycles. The molecule has 0 saturated heterocycles. The summed E-state index contributed by atoms with van der Waals surface area (Å²) in [7, 11) is 3.24. The van der Waals surface area contributed by atoms with Crippen molar-refractivity contribution in [2.75, 3.05) is 6.61 Å². The quantitative estimate of drug-likeness (QED) is 0.449. The molecule has 0 aliphatic carbocycles. The zero-order valence-electron chi connectivity index (χ0n) is 12.0. The van der Waals surface area contributed by atoms with Crippen molar-refractivity contribution in [1.29, 1.82) is 0 Å². The van der Waals surface area contributed by atoms with Gasteiger partial charge in [-0.05, 0) is 56.7 Å². The van der Waals surface area contributed by atoms with E-state index in [0.717, 1.165) is 14.3 Å². The van der Waals surface area contributed by atoms with Gasteiger partial charge in [-0.1, -0.05) is 32.9 Å². The second kappa shape index (κ2) is 6.68. The number of esters is 1. The third-order valence-electron chi connectivity index (χ3n) is 2.38. The number of ether oxygens (including phenoxy) is 2. The first-order valence-electron chi connectivity index (χ1n) is 6.39. The summed E-state index contributed by atoms with van der Waals surface area (Å²) in [5.41, 5.74) is 0.601. The van der Waals surface area contributed by atoms with Gasteiger partial charge in [0.05, 0.1) is 0 Å². The van der Waals surface area contributed by atoms with Crippen LogP contribution in [0.25, 0.3) is 10.4 Å². The first-order chi connectivity index (χ1) is 9.83. The average Bonchev–Trinajstić information content (AvgIpc) is 2.82. The van der Waals surface area contributed by atoms with Gasteiger partial charge in [0.15, 0.2) is 6.61 Å². The Morgan fingerprint density at radius 1 is 1.19 bits per heavy atom. The van der Waals surface area contributed by atoms with Crippen LogP contribution in [0.15, 0.2) is 30.3 Å². The van der Waals surface area contributed by atoms with Gasteiger partial charge in [0.25, 0.3) is 0 Å². The molecule has 0 radical (unpaired) electrons. The van der Waals surface area contributed by atoms with Crippen LogP contribution in [0, 0.1) is 3.82 Å². The molecule has 0 unspecified atom stereocenters. The van der Waals surface area contributed by atoms with Crippen LogP contribution >= 0.6 is 32.9 Å². The highest BCUT2D eigenvalue weighted by Gasteiger charge is 2.16. The van der Waals surface area contributed by atoms with E-state index in [1.807, 2.05) is 51.1 Å². The first kappa shape index (κ1) is 16.1. The molecule has 2 aromatic rings. The molecule has 0 atom stereocenters. The van der Waals surface area contributed by atoms with Crippen molar-refractivity contribution in [3.05, 3.63) is 34.2 Å². The predicted molar refractivity (Wildman–Crippen MR) is 89.8 cm³/mol. The lowest BCUT2D eigenvalue weighted by atomic mass is 10.2. The summed E-state index contributed by atoms with van der Waals surface area (Å²) in [6.45, 7) is 5.40. The fourth-order valence-electron chi connectivity index (χ4n) is 1.60. The van der Waals surface area contributed by atoms with Crippen LogP contribution in [0.5, 0.6) is 5.75 Å². The molecule has 0 bridgehead atoms. The number of hydrogen-bond acceptors (Lipinski definition) is 6.